The van der Waals surface area contributed by atoms with Crippen molar-refractivity contribution in [1.82, 2.24) is 4.90 Å². The zero-order valence-electron chi connectivity index (χ0n) is 13.4. The third-order valence-electron chi connectivity index (χ3n) is 4.29. The summed E-state index contributed by atoms with van der Waals surface area (Å²) in [4.78, 5) is 2.38. The smallest absolute Gasteiger partial charge is 0.119 e. The maximum absolute atomic E-state index is 10.2. The van der Waals surface area contributed by atoms with E-state index in [-0.39, 0.29) is 0 Å². The van der Waals surface area contributed by atoms with Gasteiger partial charge in [-0.3, -0.25) is 4.90 Å². The molecule has 3 heteroatoms. The first kappa shape index (κ1) is 16.3. The molecule has 0 aromatic heterocycles. The Morgan fingerprint density at radius 3 is 2.71 bits per heavy atom. The van der Waals surface area contributed by atoms with Crippen molar-refractivity contribution in [2.75, 3.05) is 19.7 Å². The molecule has 1 heterocycles. The van der Waals surface area contributed by atoms with Gasteiger partial charge < -0.3 is 9.84 Å². The molecule has 1 aliphatic rings. The highest BCUT2D eigenvalue weighted by atomic mass is 16.5. The zero-order valence-corrected chi connectivity index (χ0v) is 13.4. The summed E-state index contributed by atoms with van der Waals surface area (Å²) < 4.78 is 5.70. The van der Waals surface area contributed by atoms with Gasteiger partial charge in [0.25, 0.3) is 0 Å². The van der Waals surface area contributed by atoms with Gasteiger partial charge in [0.1, 0.15) is 18.5 Å². The third-order valence-corrected chi connectivity index (χ3v) is 4.29. The van der Waals surface area contributed by atoms with E-state index in [1.54, 1.807) is 0 Å². The lowest BCUT2D eigenvalue weighted by molar-refractivity contribution is 0.0438. The molecule has 0 amide bonds. The second kappa shape index (κ2) is 8.40. The quantitative estimate of drug-likeness (QED) is 0.837. The summed E-state index contributed by atoms with van der Waals surface area (Å²) >= 11 is 0. The summed E-state index contributed by atoms with van der Waals surface area (Å²) in [7, 11) is 0. The predicted octanol–water partition coefficient (Wildman–Crippen LogP) is 3.25. The molecule has 3 nitrogen and oxygen atoms in total. The van der Waals surface area contributed by atoms with E-state index in [9.17, 15) is 5.11 Å². The van der Waals surface area contributed by atoms with Crippen LogP contribution in [0.25, 0.3) is 0 Å². The number of piperidine rings is 1. The number of nitrogens with zero attached hydrogens (tertiary/aromatic N) is 1. The van der Waals surface area contributed by atoms with E-state index in [0.29, 0.717) is 12.6 Å². The van der Waals surface area contributed by atoms with Gasteiger partial charge in [0.15, 0.2) is 0 Å². The van der Waals surface area contributed by atoms with E-state index in [4.69, 9.17) is 4.74 Å². The van der Waals surface area contributed by atoms with Crippen LogP contribution < -0.4 is 4.74 Å². The molecule has 0 aliphatic carbocycles. The van der Waals surface area contributed by atoms with Crippen LogP contribution in [0.3, 0.4) is 0 Å². The number of ether oxygens (including phenoxy) is 1. The second-order valence-corrected chi connectivity index (χ2v) is 6.20. The van der Waals surface area contributed by atoms with Crippen LogP contribution in [-0.4, -0.2) is 41.8 Å². The van der Waals surface area contributed by atoms with E-state index in [1.165, 1.54) is 24.8 Å². The molecule has 1 N–H and O–H groups in total. The number of aliphatic hydroxyl groups excluding tert-OH is 1. The highest BCUT2D eigenvalue weighted by Crippen LogP contribution is 2.17. The molecule has 0 spiro atoms. The maximum atomic E-state index is 10.2. The summed E-state index contributed by atoms with van der Waals surface area (Å²) in [5.41, 5.74) is 1.34. The lowest BCUT2D eigenvalue weighted by Crippen LogP contribution is -2.43. The van der Waals surface area contributed by atoms with Crippen molar-refractivity contribution in [2.45, 2.75) is 58.1 Å². The molecule has 118 valence electrons. The molecule has 21 heavy (non-hydrogen) atoms. The van der Waals surface area contributed by atoms with Crippen molar-refractivity contribution in [1.29, 1.82) is 0 Å². The average molecular weight is 291 g/mol. The Labute approximate surface area is 128 Å². The molecular weight excluding hydrogens is 262 g/mol. The minimum Gasteiger partial charge on any atom is -0.491 e. The fourth-order valence-corrected chi connectivity index (χ4v) is 2.99. The number of likely N-dealkylation sites (tertiary alicyclic amines) is 1. The molecular formula is C18H29NO2. The van der Waals surface area contributed by atoms with E-state index >= 15 is 0 Å². The highest BCUT2D eigenvalue weighted by Gasteiger charge is 2.20. The third kappa shape index (κ3) is 5.33. The molecule has 0 radical (unpaired) electrons. The van der Waals surface area contributed by atoms with Crippen LogP contribution in [0.1, 0.15) is 45.1 Å². The molecule has 0 saturated carbocycles. The first-order valence-corrected chi connectivity index (χ1v) is 8.33. The van der Waals surface area contributed by atoms with Crippen molar-refractivity contribution < 1.29 is 9.84 Å². The standard InChI is InChI=1S/C18H29NO2/c1-3-6-16-8-10-18(11-9-16)21-14-17(20)13-19-12-5-4-7-15(19)2/h8-11,15,17,20H,3-7,12-14H2,1-2H3/t15-,17-/m1/s1. The van der Waals surface area contributed by atoms with Gasteiger partial charge in [-0.1, -0.05) is 31.9 Å². The predicted molar refractivity (Wildman–Crippen MR) is 86.8 cm³/mol. The largest absolute Gasteiger partial charge is 0.491 e. The first-order chi connectivity index (χ1) is 10.2. The van der Waals surface area contributed by atoms with Crippen molar-refractivity contribution in [3.63, 3.8) is 0 Å². The number of β-amino-alcohol motifs (C(OH)–C–C–N with tert-alkyl or cyclic N) is 1. The van der Waals surface area contributed by atoms with Crippen molar-refractivity contribution in [3.8, 4) is 5.75 Å². The van der Waals surface area contributed by atoms with Gasteiger partial charge in [-0.25, -0.2) is 0 Å². The Morgan fingerprint density at radius 1 is 1.29 bits per heavy atom. The van der Waals surface area contributed by atoms with E-state index in [1.807, 2.05) is 12.1 Å². The summed E-state index contributed by atoms with van der Waals surface area (Å²) in [6, 6.07) is 8.81. The second-order valence-electron chi connectivity index (χ2n) is 6.20. The van der Waals surface area contributed by atoms with Gasteiger partial charge >= 0.3 is 0 Å². The Hall–Kier alpha value is -1.06. The first-order valence-electron chi connectivity index (χ1n) is 8.33. The average Bonchev–Trinajstić information content (AvgIpc) is 2.49. The van der Waals surface area contributed by atoms with Gasteiger partial charge in [0.05, 0.1) is 0 Å². The molecule has 2 atom stereocenters. The molecule has 1 saturated heterocycles. The number of aryl methyl sites for hydroxylation is 1. The zero-order chi connectivity index (χ0) is 15.1. The van der Waals surface area contributed by atoms with Crippen LogP contribution in [0.15, 0.2) is 24.3 Å². The van der Waals surface area contributed by atoms with Crippen molar-refractivity contribution in [2.24, 2.45) is 0 Å². The van der Waals surface area contributed by atoms with Crippen molar-refractivity contribution >= 4 is 0 Å². The van der Waals surface area contributed by atoms with Crippen LogP contribution in [0.4, 0.5) is 0 Å². The van der Waals surface area contributed by atoms with Gasteiger partial charge in [0.2, 0.25) is 0 Å². The highest BCUT2D eigenvalue weighted by molar-refractivity contribution is 5.27. The summed E-state index contributed by atoms with van der Waals surface area (Å²) in [5, 5.41) is 10.2. The molecule has 1 aromatic carbocycles. The number of benzene rings is 1. The Bertz CT molecular complexity index is 404. The number of rotatable bonds is 7. The van der Waals surface area contributed by atoms with Gasteiger partial charge in [-0.05, 0) is 50.4 Å². The van der Waals surface area contributed by atoms with Gasteiger partial charge in [0, 0.05) is 12.6 Å². The molecule has 1 fully saturated rings. The normalized spacial score (nSPS) is 21.2. The minimum absolute atomic E-state index is 0.371. The molecule has 2 rings (SSSR count). The van der Waals surface area contributed by atoms with Crippen LogP contribution in [0, 0.1) is 0 Å². The topological polar surface area (TPSA) is 32.7 Å². The summed E-state index contributed by atoms with van der Waals surface area (Å²) in [6.07, 6.45) is 5.65. The molecule has 1 aliphatic heterocycles. The maximum Gasteiger partial charge on any atom is 0.119 e. The number of aliphatic hydroxyl groups is 1. The van der Waals surface area contributed by atoms with Crippen LogP contribution >= 0.6 is 0 Å². The molecule has 0 unspecified atom stereocenters. The van der Waals surface area contributed by atoms with Crippen LogP contribution in [-0.2, 0) is 6.42 Å². The van der Waals surface area contributed by atoms with E-state index in [0.717, 1.165) is 31.7 Å². The Balaban J connectivity index is 1.73. The summed E-state index contributed by atoms with van der Waals surface area (Å²) in [5.74, 6) is 0.848. The fourth-order valence-electron chi connectivity index (χ4n) is 2.99. The van der Waals surface area contributed by atoms with Crippen LogP contribution in [0.2, 0.25) is 0 Å². The monoisotopic (exact) mass is 291 g/mol. The van der Waals surface area contributed by atoms with Gasteiger partial charge in [-0.15, -0.1) is 0 Å². The van der Waals surface area contributed by atoms with E-state index < -0.39 is 6.10 Å². The lowest BCUT2D eigenvalue weighted by Gasteiger charge is -2.34. The minimum atomic E-state index is -0.416. The molecule has 1 aromatic rings. The Kier molecular flexibility index (Phi) is 6.52. The lowest BCUT2D eigenvalue weighted by atomic mass is 10.0. The molecule has 0 bridgehead atoms. The number of hydrogen-bond acceptors (Lipinski definition) is 3. The summed E-state index contributed by atoms with van der Waals surface area (Å²) in [6.45, 7) is 6.62. The SMILES string of the molecule is CCCc1ccc(OC[C@H](O)CN2CCCC[C@H]2C)cc1. The van der Waals surface area contributed by atoms with Crippen LogP contribution in [0.5, 0.6) is 5.75 Å². The van der Waals surface area contributed by atoms with E-state index in [2.05, 4.69) is 30.9 Å². The Morgan fingerprint density at radius 2 is 2.05 bits per heavy atom. The van der Waals surface area contributed by atoms with Gasteiger partial charge in [-0.2, -0.15) is 0 Å². The number of hydrogen-bond donors (Lipinski definition) is 1. The fraction of sp³-hybridized carbons (Fsp3) is 0.667. The van der Waals surface area contributed by atoms with Crippen molar-refractivity contribution in [3.05, 3.63) is 29.8 Å².